The van der Waals surface area contributed by atoms with Crippen LogP contribution in [0.1, 0.15) is 31.2 Å². The number of ether oxygens (including phenoxy) is 1. The zero-order valence-electron chi connectivity index (χ0n) is 11.9. The fourth-order valence-corrected chi connectivity index (χ4v) is 2.72. The Bertz CT molecular complexity index is 531. The van der Waals surface area contributed by atoms with Crippen molar-refractivity contribution in [3.05, 3.63) is 35.4 Å². The molecule has 0 aromatic heterocycles. The maximum atomic E-state index is 13.5. The Morgan fingerprint density at radius 3 is 2.86 bits per heavy atom. The summed E-state index contributed by atoms with van der Waals surface area (Å²) in [5.41, 5.74) is 0.223. The van der Waals surface area contributed by atoms with Gasteiger partial charge < -0.3 is 9.64 Å². The Morgan fingerprint density at radius 1 is 1.29 bits per heavy atom. The maximum Gasteiger partial charge on any atom is 0.225 e. The summed E-state index contributed by atoms with van der Waals surface area (Å²) >= 11 is 0. The summed E-state index contributed by atoms with van der Waals surface area (Å²) in [6, 6.07) is 3.36. The Balaban J connectivity index is 1.54. The van der Waals surface area contributed by atoms with E-state index in [4.69, 9.17) is 4.74 Å². The van der Waals surface area contributed by atoms with E-state index >= 15 is 0 Å². The first-order chi connectivity index (χ1) is 10.1. The number of hydrogen-bond acceptors (Lipinski definition) is 2. The molecule has 1 atom stereocenters. The van der Waals surface area contributed by atoms with Crippen LogP contribution in [0.2, 0.25) is 0 Å². The lowest BCUT2D eigenvalue weighted by atomic mass is 10.1. The van der Waals surface area contributed by atoms with Crippen molar-refractivity contribution < 1.29 is 18.3 Å². The van der Waals surface area contributed by atoms with Gasteiger partial charge in [0.05, 0.1) is 12.7 Å². The summed E-state index contributed by atoms with van der Waals surface area (Å²) in [5.74, 6) is -0.494. The zero-order chi connectivity index (χ0) is 14.8. The fourth-order valence-electron chi connectivity index (χ4n) is 2.72. The SMILES string of the molecule is O=C(C1CC1)N1CCCC(OCc2cc(F)ccc2F)C1. The molecule has 1 saturated carbocycles. The molecule has 5 heteroatoms. The number of rotatable bonds is 4. The van der Waals surface area contributed by atoms with Crippen LogP contribution in [0.3, 0.4) is 0 Å². The number of nitrogens with zero attached hydrogens (tertiary/aromatic N) is 1. The van der Waals surface area contributed by atoms with Gasteiger partial charge in [0.1, 0.15) is 11.6 Å². The van der Waals surface area contributed by atoms with Gasteiger partial charge >= 0.3 is 0 Å². The molecule has 2 fully saturated rings. The molecule has 114 valence electrons. The number of halogens is 2. The van der Waals surface area contributed by atoms with Gasteiger partial charge in [-0.2, -0.15) is 0 Å². The average Bonchev–Trinajstić information content (AvgIpc) is 3.32. The minimum Gasteiger partial charge on any atom is -0.372 e. The second-order valence-electron chi connectivity index (χ2n) is 5.87. The minimum atomic E-state index is -0.468. The molecule has 1 aliphatic carbocycles. The van der Waals surface area contributed by atoms with Gasteiger partial charge in [-0.15, -0.1) is 0 Å². The van der Waals surface area contributed by atoms with Crippen LogP contribution in [0.5, 0.6) is 0 Å². The van der Waals surface area contributed by atoms with Crippen molar-refractivity contribution in [1.82, 2.24) is 4.90 Å². The van der Waals surface area contributed by atoms with E-state index in [9.17, 15) is 13.6 Å². The quantitative estimate of drug-likeness (QED) is 0.855. The van der Waals surface area contributed by atoms with Crippen molar-refractivity contribution in [2.75, 3.05) is 13.1 Å². The van der Waals surface area contributed by atoms with Gasteiger partial charge in [-0.25, -0.2) is 8.78 Å². The van der Waals surface area contributed by atoms with Crippen molar-refractivity contribution in [1.29, 1.82) is 0 Å². The summed E-state index contributed by atoms with van der Waals surface area (Å²) in [5, 5.41) is 0. The van der Waals surface area contributed by atoms with Gasteiger partial charge in [-0.05, 0) is 43.9 Å². The van der Waals surface area contributed by atoms with Crippen molar-refractivity contribution in [3.63, 3.8) is 0 Å². The van der Waals surface area contributed by atoms with Crippen molar-refractivity contribution in [3.8, 4) is 0 Å². The normalized spacial score (nSPS) is 22.4. The van der Waals surface area contributed by atoms with Crippen LogP contribution in [-0.4, -0.2) is 30.0 Å². The molecular formula is C16H19F2NO2. The Kier molecular flexibility index (Phi) is 4.19. The highest BCUT2D eigenvalue weighted by Gasteiger charge is 2.35. The van der Waals surface area contributed by atoms with E-state index in [-0.39, 0.29) is 30.1 Å². The molecule has 1 heterocycles. The average molecular weight is 295 g/mol. The molecule has 1 unspecified atom stereocenters. The standard InChI is InChI=1S/C16H19F2NO2/c17-13-5-6-15(18)12(8-13)10-21-14-2-1-7-19(9-14)16(20)11-3-4-11/h5-6,8,11,14H,1-4,7,9-10H2. The Morgan fingerprint density at radius 2 is 2.10 bits per heavy atom. The first-order valence-corrected chi connectivity index (χ1v) is 7.48. The largest absolute Gasteiger partial charge is 0.372 e. The van der Waals surface area contributed by atoms with Crippen LogP contribution < -0.4 is 0 Å². The lowest BCUT2D eigenvalue weighted by Crippen LogP contribution is -2.43. The smallest absolute Gasteiger partial charge is 0.225 e. The molecular weight excluding hydrogens is 276 g/mol. The number of carbonyl (C=O) groups excluding carboxylic acids is 1. The van der Waals surface area contributed by atoms with E-state index in [0.29, 0.717) is 6.54 Å². The first kappa shape index (κ1) is 14.4. The molecule has 3 rings (SSSR count). The van der Waals surface area contributed by atoms with Gasteiger partial charge in [-0.3, -0.25) is 4.79 Å². The Labute approximate surface area is 122 Å². The lowest BCUT2D eigenvalue weighted by molar-refractivity contribution is -0.137. The number of amides is 1. The molecule has 1 aromatic rings. The van der Waals surface area contributed by atoms with Crippen LogP contribution in [0.15, 0.2) is 18.2 Å². The predicted octanol–water partition coefficient (Wildman–Crippen LogP) is 2.88. The summed E-state index contributed by atoms with van der Waals surface area (Å²) in [6.45, 7) is 1.38. The second-order valence-corrected chi connectivity index (χ2v) is 5.87. The lowest BCUT2D eigenvalue weighted by Gasteiger charge is -2.32. The highest BCUT2D eigenvalue weighted by molar-refractivity contribution is 5.81. The van der Waals surface area contributed by atoms with E-state index in [1.54, 1.807) is 0 Å². The number of carbonyl (C=O) groups is 1. The summed E-state index contributed by atoms with van der Waals surface area (Å²) in [7, 11) is 0. The maximum absolute atomic E-state index is 13.5. The van der Waals surface area contributed by atoms with Gasteiger partial charge in [0.25, 0.3) is 0 Å². The highest BCUT2D eigenvalue weighted by atomic mass is 19.1. The van der Waals surface area contributed by atoms with Crippen LogP contribution in [0.4, 0.5) is 8.78 Å². The third kappa shape index (κ3) is 3.59. The first-order valence-electron chi connectivity index (χ1n) is 7.48. The van der Waals surface area contributed by atoms with E-state index in [1.807, 2.05) is 4.90 Å². The summed E-state index contributed by atoms with van der Waals surface area (Å²) in [4.78, 5) is 13.9. The van der Waals surface area contributed by atoms with Crippen LogP contribution in [0.25, 0.3) is 0 Å². The van der Waals surface area contributed by atoms with E-state index in [0.717, 1.165) is 50.4 Å². The number of benzene rings is 1. The molecule has 0 radical (unpaired) electrons. The van der Waals surface area contributed by atoms with Crippen molar-refractivity contribution in [2.24, 2.45) is 5.92 Å². The molecule has 2 aliphatic rings. The fraction of sp³-hybridized carbons (Fsp3) is 0.562. The van der Waals surface area contributed by atoms with E-state index in [1.165, 1.54) is 0 Å². The van der Waals surface area contributed by atoms with Crippen LogP contribution in [-0.2, 0) is 16.1 Å². The van der Waals surface area contributed by atoms with E-state index < -0.39 is 11.6 Å². The summed E-state index contributed by atoms with van der Waals surface area (Å²) in [6.07, 6.45) is 3.65. The molecule has 1 aliphatic heterocycles. The van der Waals surface area contributed by atoms with Gasteiger partial charge in [0, 0.05) is 24.6 Å². The molecule has 3 nitrogen and oxygen atoms in total. The molecule has 1 saturated heterocycles. The van der Waals surface area contributed by atoms with Gasteiger partial charge in [-0.1, -0.05) is 0 Å². The summed E-state index contributed by atoms with van der Waals surface area (Å²) < 4.78 is 32.3. The minimum absolute atomic E-state index is 0.0414. The molecule has 0 N–H and O–H groups in total. The molecule has 1 amide bonds. The monoisotopic (exact) mass is 295 g/mol. The van der Waals surface area contributed by atoms with Crippen LogP contribution >= 0.6 is 0 Å². The molecule has 0 bridgehead atoms. The molecule has 21 heavy (non-hydrogen) atoms. The highest BCUT2D eigenvalue weighted by Crippen LogP contribution is 2.32. The van der Waals surface area contributed by atoms with Gasteiger partial charge in [0.2, 0.25) is 5.91 Å². The number of likely N-dealkylation sites (tertiary alicyclic amines) is 1. The van der Waals surface area contributed by atoms with E-state index in [2.05, 4.69) is 0 Å². The van der Waals surface area contributed by atoms with Crippen molar-refractivity contribution >= 4 is 5.91 Å². The second kappa shape index (κ2) is 6.10. The topological polar surface area (TPSA) is 29.5 Å². The Hall–Kier alpha value is -1.49. The zero-order valence-corrected chi connectivity index (χ0v) is 11.9. The van der Waals surface area contributed by atoms with Crippen LogP contribution in [0, 0.1) is 17.6 Å². The number of piperidine rings is 1. The molecule has 0 spiro atoms. The predicted molar refractivity (Wildman–Crippen MR) is 73.5 cm³/mol. The third-order valence-electron chi connectivity index (χ3n) is 4.10. The third-order valence-corrected chi connectivity index (χ3v) is 4.10. The number of hydrogen-bond donors (Lipinski definition) is 0. The van der Waals surface area contributed by atoms with Gasteiger partial charge in [0.15, 0.2) is 0 Å². The van der Waals surface area contributed by atoms with Crippen molar-refractivity contribution in [2.45, 2.75) is 38.4 Å². The molecule has 1 aromatic carbocycles.